The van der Waals surface area contributed by atoms with Crippen molar-refractivity contribution in [2.24, 2.45) is 0 Å². The van der Waals surface area contributed by atoms with Crippen molar-refractivity contribution in [3.8, 4) is 0 Å². The molecule has 0 heterocycles. The number of hydrogen-bond acceptors (Lipinski definition) is 2. The van der Waals surface area contributed by atoms with E-state index in [0.717, 1.165) is 37.7 Å². The molecule has 0 saturated carbocycles. The summed E-state index contributed by atoms with van der Waals surface area (Å²) in [6.07, 6.45) is 0. The van der Waals surface area contributed by atoms with Crippen LogP contribution in [0.25, 0.3) is 43.1 Å². The average molecular weight is 332 g/mol. The molecule has 0 fully saturated rings. The zero-order valence-electron chi connectivity index (χ0n) is 12.5. The van der Waals surface area contributed by atoms with Crippen molar-refractivity contribution in [1.29, 1.82) is 0 Å². The van der Waals surface area contributed by atoms with Gasteiger partial charge in [0.25, 0.3) is 10.1 Å². The Bertz CT molecular complexity index is 1370. The molecule has 5 aromatic rings. The summed E-state index contributed by atoms with van der Waals surface area (Å²) in [6, 6.07) is 21.1. The van der Waals surface area contributed by atoms with Gasteiger partial charge in [0, 0.05) is 5.39 Å². The Labute approximate surface area is 138 Å². The van der Waals surface area contributed by atoms with Gasteiger partial charge >= 0.3 is 0 Å². The zero-order valence-corrected chi connectivity index (χ0v) is 13.3. The number of hydrogen-bond donors (Lipinski definition) is 1. The van der Waals surface area contributed by atoms with E-state index in [4.69, 9.17) is 0 Å². The van der Waals surface area contributed by atoms with Gasteiger partial charge in [-0.1, -0.05) is 60.7 Å². The van der Waals surface area contributed by atoms with E-state index < -0.39 is 10.1 Å². The number of fused-ring (bicyclic) bond motifs is 3. The van der Waals surface area contributed by atoms with Gasteiger partial charge in [0.05, 0.1) is 0 Å². The first-order valence-corrected chi connectivity index (χ1v) is 9.05. The van der Waals surface area contributed by atoms with Gasteiger partial charge in [0.15, 0.2) is 0 Å². The standard InChI is InChI=1S/C20H12O3S/c21-24(22,23)17-11-10-13-9-8-12-4-3-7-15-14-5-1-2-6-16(14)20(17)19(13)18(12)15/h1-11H,(H,21,22,23). The molecule has 5 aromatic carbocycles. The Hall–Kier alpha value is -2.69. The summed E-state index contributed by atoms with van der Waals surface area (Å²) in [7, 11) is -4.32. The first kappa shape index (κ1) is 13.7. The summed E-state index contributed by atoms with van der Waals surface area (Å²) in [6.45, 7) is 0. The third kappa shape index (κ3) is 1.67. The molecule has 0 aliphatic rings. The number of benzene rings is 5. The predicted octanol–water partition coefficient (Wildman–Crippen LogP) is 4.98. The molecule has 0 aliphatic heterocycles. The summed E-state index contributed by atoms with van der Waals surface area (Å²) >= 11 is 0. The highest BCUT2D eigenvalue weighted by atomic mass is 32.2. The van der Waals surface area contributed by atoms with Crippen LogP contribution in [-0.2, 0) is 10.1 Å². The van der Waals surface area contributed by atoms with Crippen LogP contribution in [0.15, 0.2) is 71.6 Å². The Morgan fingerprint density at radius 2 is 1.17 bits per heavy atom. The van der Waals surface area contributed by atoms with Crippen LogP contribution in [0.4, 0.5) is 0 Å². The molecule has 24 heavy (non-hydrogen) atoms. The van der Waals surface area contributed by atoms with E-state index in [1.54, 1.807) is 6.07 Å². The third-order valence-electron chi connectivity index (χ3n) is 4.75. The van der Waals surface area contributed by atoms with Crippen LogP contribution in [0.1, 0.15) is 0 Å². The van der Waals surface area contributed by atoms with Crippen LogP contribution >= 0.6 is 0 Å². The van der Waals surface area contributed by atoms with Crippen LogP contribution in [0.3, 0.4) is 0 Å². The van der Waals surface area contributed by atoms with Crippen molar-refractivity contribution in [1.82, 2.24) is 0 Å². The second-order valence-electron chi connectivity index (χ2n) is 6.03. The summed E-state index contributed by atoms with van der Waals surface area (Å²) in [4.78, 5) is -0.0375. The average Bonchev–Trinajstić information content (AvgIpc) is 2.59. The van der Waals surface area contributed by atoms with Gasteiger partial charge in [0.1, 0.15) is 4.90 Å². The topological polar surface area (TPSA) is 54.4 Å². The van der Waals surface area contributed by atoms with E-state index >= 15 is 0 Å². The highest BCUT2D eigenvalue weighted by Gasteiger charge is 2.20. The van der Waals surface area contributed by atoms with Crippen molar-refractivity contribution >= 4 is 53.2 Å². The number of rotatable bonds is 1. The van der Waals surface area contributed by atoms with Gasteiger partial charge < -0.3 is 0 Å². The first-order chi connectivity index (χ1) is 11.6. The van der Waals surface area contributed by atoms with Gasteiger partial charge in [-0.3, -0.25) is 4.55 Å². The van der Waals surface area contributed by atoms with Gasteiger partial charge in [-0.25, -0.2) is 0 Å². The van der Waals surface area contributed by atoms with E-state index in [-0.39, 0.29) is 4.90 Å². The van der Waals surface area contributed by atoms with Crippen LogP contribution < -0.4 is 0 Å². The van der Waals surface area contributed by atoms with E-state index in [2.05, 4.69) is 6.07 Å². The second kappa shape index (κ2) is 4.44. The lowest BCUT2D eigenvalue weighted by molar-refractivity contribution is 0.484. The largest absolute Gasteiger partial charge is 0.295 e. The third-order valence-corrected chi connectivity index (χ3v) is 5.65. The van der Waals surface area contributed by atoms with Crippen molar-refractivity contribution in [2.45, 2.75) is 4.90 Å². The molecule has 0 saturated heterocycles. The lowest BCUT2D eigenvalue weighted by Crippen LogP contribution is -2.00. The molecule has 0 bridgehead atoms. The Balaban J connectivity index is 2.29. The Kier molecular flexibility index (Phi) is 2.54. The second-order valence-corrected chi connectivity index (χ2v) is 7.42. The first-order valence-electron chi connectivity index (χ1n) is 7.61. The predicted molar refractivity (Wildman–Crippen MR) is 97.5 cm³/mol. The molecule has 0 amide bonds. The maximum atomic E-state index is 12.0. The van der Waals surface area contributed by atoms with Crippen LogP contribution in [-0.4, -0.2) is 13.0 Å². The molecule has 116 valence electrons. The Morgan fingerprint density at radius 3 is 1.92 bits per heavy atom. The smallest absolute Gasteiger partial charge is 0.282 e. The molecule has 0 radical (unpaired) electrons. The quantitative estimate of drug-likeness (QED) is 0.267. The van der Waals surface area contributed by atoms with E-state index in [9.17, 15) is 13.0 Å². The molecular weight excluding hydrogens is 320 g/mol. The van der Waals surface area contributed by atoms with Crippen LogP contribution in [0, 0.1) is 0 Å². The monoisotopic (exact) mass is 332 g/mol. The fraction of sp³-hybridized carbons (Fsp3) is 0. The maximum absolute atomic E-state index is 12.0. The van der Waals surface area contributed by atoms with Crippen molar-refractivity contribution in [3.05, 3.63) is 66.7 Å². The van der Waals surface area contributed by atoms with Gasteiger partial charge in [-0.15, -0.1) is 0 Å². The van der Waals surface area contributed by atoms with Crippen LogP contribution in [0.2, 0.25) is 0 Å². The fourth-order valence-electron chi connectivity index (χ4n) is 3.82. The molecule has 0 atom stereocenters. The van der Waals surface area contributed by atoms with Crippen molar-refractivity contribution in [3.63, 3.8) is 0 Å². The highest BCUT2D eigenvalue weighted by molar-refractivity contribution is 7.86. The highest BCUT2D eigenvalue weighted by Crippen LogP contribution is 2.42. The molecule has 0 aromatic heterocycles. The van der Waals surface area contributed by atoms with Gasteiger partial charge in [-0.2, -0.15) is 8.42 Å². The molecule has 3 nitrogen and oxygen atoms in total. The normalized spacial score (nSPS) is 12.7. The molecule has 0 unspecified atom stereocenters. The fourth-order valence-corrected chi connectivity index (χ4v) is 4.53. The zero-order chi connectivity index (χ0) is 16.5. The summed E-state index contributed by atoms with van der Waals surface area (Å²) < 4.78 is 33.7. The van der Waals surface area contributed by atoms with Crippen molar-refractivity contribution < 1.29 is 13.0 Å². The maximum Gasteiger partial charge on any atom is 0.295 e. The molecule has 0 aliphatic carbocycles. The molecule has 1 N–H and O–H groups in total. The minimum absolute atomic E-state index is 0.0375. The summed E-state index contributed by atoms with van der Waals surface area (Å²) in [5, 5.41) is 7.45. The molecule has 0 spiro atoms. The minimum atomic E-state index is -4.32. The van der Waals surface area contributed by atoms with Gasteiger partial charge in [0.2, 0.25) is 0 Å². The Morgan fingerprint density at radius 1 is 0.583 bits per heavy atom. The van der Waals surface area contributed by atoms with E-state index in [1.807, 2.05) is 48.5 Å². The molecular formula is C20H12O3S. The molecule has 4 heteroatoms. The lowest BCUT2D eigenvalue weighted by Gasteiger charge is -2.16. The van der Waals surface area contributed by atoms with E-state index in [1.165, 1.54) is 6.07 Å². The summed E-state index contributed by atoms with van der Waals surface area (Å²) in [5.41, 5.74) is 0. The van der Waals surface area contributed by atoms with Gasteiger partial charge in [-0.05, 0) is 43.8 Å². The van der Waals surface area contributed by atoms with E-state index in [0.29, 0.717) is 5.39 Å². The minimum Gasteiger partial charge on any atom is -0.282 e. The summed E-state index contributed by atoms with van der Waals surface area (Å²) in [5.74, 6) is 0. The van der Waals surface area contributed by atoms with Crippen LogP contribution in [0.5, 0.6) is 0 Å². The van der Waals surface area contributed by atoms with Crippen molar-refractivity contribution in [2.75, 3.05) is 0 Å². The lowest BCUT2D eigenvalue weighted by atomic mass is 9.89. The SMILES string of the molecule is O=S(=O)(O)c1ccc2ccc3cccc4c5ccccc5c1c2c34. The molecule has 5 rings (SSSR count).